The van der Waals surface area contributed by atoms with Gasteiger partial charge in [-0.25, -0.2) is 4.98 Å². The minimum absolute atomic E-state index is 0.0163. The van der Waals surface area contributed by atoms with Crippen LogP contribution in [0.2, 0.25) is 0 Å². The number of rotatable bonds is 6. The van der Waals surface area contributed by atoms with E-state index in [1.165, 1.54) is 0 Å². The van der Waals surface area contributed by atoms with Crippen LogP contribution in [0.15, 0.2) is 24.4 Å². The van der Waals surface area contributed by atoms with Crippen LogP contribution in [-0.4, -0.2) is 17.4 Å². The van der Waals surface area contributed by atoms with Gasteiger partial charge in [0.05, 0.1) is 0 Å². The first-order valence-corrected chi connectivity index (χ1v) is 5.63. The Hall–Kier alpha value is -1.42. The Morgan fingerprint density at radius 2 is 2.31 bits per heavy atom. The Morgan fingerprint density at radius 3 is 2.94 bits per heavy atom. The average Bonchev–Trinajstić information content (AvgIpc) is 2.28. The predicted molar refractivity (Wildman–Crippen MR) is 64.9 cm³/mol. The Balaban J connectivity index is 2.26. The lowest BCUT2D eigenvalue weighted by molar-refractivity contribution is -0.116. The van der Waals surface area contributed by atoms with Gasteiger partial charge in [0.15, 0.2) is 0 Å². The number of anilines is 1. The van der Waals surface area contributed by atoms with Crippen molar-refractivity contribution in [2.75, 3.05) is 11.9 Å². The van der Waals surface area contributed by atoms with Crippen molar-refractivity contribution in [1.29, 1.82) is 0 Å². The molecule has 0 fully saturated rings. The summed E-state index contributed by atoms with van der Waals surface area (Å²) in [5.74, 6) is 1.13. The van der Waals surface area contributed by atoms with Gasteiger partial charge < -0.3 is 11.1 Å². The summed E-state index contributed by atoms with van der Waals surface area (Å²) in [5, 5.41) is 2.76. The quantitative estimate of drug-likeness (QED) is 0.769. The molecule has 0 saturated heterocycles. The van der Waals surface area contributed by atoms with Gasteiger partial charge in [0.25, 0.3) is 0 Å². The van der Waals surface area contributed by atoms with Gasteiger partial charge in [-0.3, -0.25) is 4.79 Å². The number of hydrogen-bond acceptors (Lipinski definition) is 3. The smallest absolute Gasteiger partial charge is 0.225 e. The van der Waals surface area contributed by atoms with Crippen molar-refractivity contribution in [2.24, 2.45) is 11.7 Å². The molecule has 3 N–H and O–H groups in total. The first-order chi connectivity index (χ1) is 7.72. The second-order valence-electron chi connectivity index (χ2n) is 3.98. The molecule has 0 radical (unpaired) electrons. The summed E-state index contributed by atoms with van der Waals surface area (Å²) in [4.78, 5) is 15.6. The highest BCUT2D eigenvalue weighted by Crippen LogP contribution is 2.10. The largest absolute Gasteiger partial charge is 0.330 e. The number of nitrogens with zero attached hydrogens (tertiary/aromatic N) is 1. The normalized spacial score (nSPS) is 12.1. The third-order valence-corrected chi connectivity index (χ3v) is 2.46. The molecule has 1 atom stereocenters. The summed E-state index contributed by atoms with van der Waals surface area (Å²) in [5.41, 5.74) is 5.45. The number of carbonyl (C=O) groups is 1. The van der Waals surface area contributed by atoms with Crippen molar-refractivity contribution >= 4 is 11.7 Å². The number of carbonyl (C=O) groups excluding carboxylic acids is 1. The second-order valence-corrected chi connectivity index (χ2v) is 3.98. The Bertz CT molecular complexity index is 313. The zero-order valence-electron chi connectivity index (χ0n) is 9.65. The summed E-state index contributed by atoms with van der Waals surface area (Å²) < 4.78 is 0. The maximum absolute atomic E-state index is 11.5. The van der Waals surface area contributed by atoms with Crippen LogP contribution in [0.1, 0.15) is 26.2 Å². The Kier molecular flexibility index (Phi) is 5.50. The molecule has 0 aliphatic heterocycles. The number of nitrogens with one attached hydrogen (secondary N) is 1. The average molecular weight is 221 g/mol. The number of hydrogen-bond donors (Lipinski definition) is 2. The van der Waals surface area contributed by atoms with Gasteiger partial charge in [-0.2, -0.15) is 0 Å². The lowest BCUT2D eigenvalue weighted by atomic mass is 10.0. The fraction of sp³-hybridized carbons (Fsp3) is 0.500. The summed E-state index contributed by atoms with van der Waals surface area (Å²) in [7, 11) is 0. The molecule has 0 aliphatic carbocycles. The monoisotopic (exact) mass is 221 g/mol. The summed E-state index contributed by atoms with van der Waals surface area (Å²) in [6.07, 6.45) is 4.02. The van der Waals surface area contributed by atoms with Crippen LogP contribution in [0.3, 0.4) is 0 Å². The molecule has 88 valence electrons. The molecular formula is C12H19N3O. The van der Waals surface area contributed by atoms with E-state index in [0.29, 0.717) is 24.7 Å². The summed E-state index contributed by atoms with van der Waals surface area (Å²) in [6.45, 7) is 2.80. The van der Waals surface area contributed by atoms with Crippen molar-refractivity contribution in [1.82, 2.24) is 4.98 Å². The minimum Gasteiger partial charge on any atom is -0.330 e. The highest BCUT2D eigenvalue weighted by atomic mass is 16.1. The molecule has 0 aromatic carbocycles. The SMILES string of the molecule is CC(CCN)CCC(=O)Nc1ccccn1. The van der Waals surface area contributed by atoms with Crippen LogP contribution < -0.4 is 11.1 Å². The molecule has 4 nitrogen and oxygen atoms in total. The minimum atomic E-state index is 0.0163. The number of nitrogens with two attached hydrogens (primary N) is 1. The highest BCUT2D eigenvalue weighted by Gasteiger charge is 2.06. The maximum atomic E-state index is 11.5. The molecule has 4 heteroatoms. The molecule has 0 saturated carbocycles. The van der Waals surface area contributed by atoms with Gasteiger partial charge >= 0.3 is 0 Å². The third-order valence-electron chi connectivity index (χ3n) is 2.46. The van der Waals surface area contributed by atoms with Crippen molar-refractivity contribution < 1.29 is 4.79 Å². The van der Waals surface area contributed by atoms with E-state index in [-0.39, 0.29) is 5.91 Å². The fourth-order valence-electron chi connectivity index (χ4n) is 1.45. The lowest BCUT2D eigenvalue weighted by Gasteiger charge is -2.09. The maximum Gasteiger partial charge on any atom is 0.225 e. The van der Waals surface area contributed by atoms with Crippen LogP contribution in [-0.2, 0) is 4.79 Å². The van der Waals surface area contributed by atoms with Crippen LogP contribution in [0.4, 0.5) is 5.82 Å². The molecule has 1 unspecified atom stereocenters. The van der Waals surface area contributed by atoms with E-state index in [1.807, 2.05) is 12.1 Å². The Morgan fingerprint density at radius 1 is 1.50 bits per heavy atom. The van der Waals surface area contributed by atoms with Crippen molar-refractivity contribution in [3.8, 4) is 0 Å². The first kappa shape index (κ1) is 12.6. The van der Waals surface area contributed by atoms with E-state index in [1.54, 1.807) is 12.3 Å². The molecule has 0 bridgehead atoms. The van der Waals surface area contributed by atoms with E-state index >= 15 is 0 Å². The molecule has 1 rings (SSSR count). The van der Waals surface area contributed by atoms with Crippen LogP contribution in [0.25, 0.3) is 0 Å². The molecule has 1 aromatic rings. The van der Waals surface area contributed by atoms with Crippen LogP contribution in [0.5, 0.6) is 0 Å². The van der Waals surface area contributed by atoms with Gasteiger partial charge in [0.2, 0.25) is 5.91 Å². The first-order valence-electron chi connectivity index (χ1n) is 5.63. The van der Waals surface area contributed by atoms with E-state index in [4.69, 9.17) is 5.73 Å². The third kappa shape index (κ3) is 4.89. The zero-order valence-corrected chi connectivity index (χ0v) is 9.65. The lowest BCUT2D eigenvalue weighted by Crippen LogP contribution is -2.14. The van der Waals surface area contributed by atoms with Crippen molar-refractivity contribution in [3.63, 3.8) is 0 Å². The van der Waals surface area contributed by atoms with Crippen molar-refractivity contribution in [2.45, 2.75) is 26.2 Å². The molecule has 0 spiro atoms. The van der Waals surface area contributed by atoms with Gasteiger partial charge in [-0.05, 0) is 37.4 Å². The van der Waals surface area contributed by atoms with Gasteiger partial charge in [0, 0.05) is 12.6 Å². The van der Waals surface area contributed by atoms with E-state index in [2.05, 4.69) is 17.2 Å². The number of amides is 1. The molecular weight excluding hydrogens is 202 g/mol. The summed E-state index contributed by atoms with van der Waals surface area (Å²) >= 11 is 0. The van der Waals surface area contributed by atoms with Gasteiger partial charge in [-0.15, -0.1) is 0 Å². The standard InChI is InChI=1S/C12H19N3O/c1-10(7-8-13)5-6-12(16)15-11-4-2-3-9-14-11/h2-4,9-10H,5-8,13H2,1H3,(H,14,15,16). The van der Waals surface area contributed by atoms with Gasteiger partial charge in [-0.1, -0.05) is 13.0 Å². The van der Waals surface area contributed by atoms with E-state index in [9.17, 15) is 4.79 Å². The molecule has 0 aliphatic rings. The fourth-order valence-corrected chi connectivity index (χ4v) is 1.45. The van der Waals surface area contributed by atoms with Crippen molar-refractivity contribution in [3.05, 3.63) is 24.4 Å². The number of pyridine rings is 1. The Labute approximate surface area is 96.3 Å². The van der Waals surface area contributed by atoms with E-state index in [0.717, 1.165) is 12.8 Å². The summed E-state index contributed by atoms with van der Waals surface area (Å²) in [6, 6.07) is 5.44. The zero-order chi connectivity index (χ0) is 11.8. The molecule has 1 amide bonds. The highest BCUT2D eigenvalue weighted by molar-refractivity contribution is 5.89. The van der Waals surface area contributed by atoms with Gasteiger partial charge in [0.1, 0.15) is 5.82 Å². The number of aromatic nitrogens is 1. The molecule has 1 aromatic heterocycles. The predicted octanol–water partition coefficient (Wildman–Crippen LogP) is 1.79. The second kappa shape index (κ2) is 6.95. The van der Waals surface area contributed by atoms with E-state index < -0.39 is 0 Å². The topological polar surface area (TPSA) is 68.0 Å². The van der Waals surface area contributed by atoms with Crippen LogP contribution in [0, 0.1) is 5.92 Å². The molecule has 16 heavy (non-hydrogen) atoms. The molecule has 1 heterocycles. The van der Waals surface area contributed by atoms with Crippen LogP contribution >= 0.6 is 0 Å².